The lowest BCUT2D eigenvalue weighted by atomic mass is 10.0. The molecule has 116 valence electrons. The van der Waals surface area contributed by atoms with E-state index in [0.29, 0.717) is 31.8 Å². The van der Waals surface area contributed by atoms with Crippen molar-refractivity contribution in [3.05, 3.63) is 0 Å². The third-order valence-corrected chi connectivity index (χ3v) is 4.01. The number of carbonyl (C=O) groups is 1. The molecule has 2 heterocycles. The minimum absolute atomic E-state index is 0.0758. The number of nitrogens with zero attached hydrogens (tertiary/aromatic N) is 1. The highest BCUT2D eigenvalue weighted by Gasteiger charge is 2.33. The maximum atomic E-state index is 12.1. The summed E-state index contributed by atoms with van der Waals surface area (Å²) < 4.78 is 11.0. The number of hydrogen-bond acceptors (Lipinski definition) is 5. The molecule has 3 atom stereocenters. The van der Waals surface area contributed by atoms with Crippen LogP contribution in [-0.2, 0) is 14.3 Å². The van der Waals surface area contributed by atoms with Crippen LogP contribution in [0.2, 0.25) is 0 Å². The smallest absolute Gasteiger partial charge is 0.239 e. The van der Waals surface area contributed by atoms with Gasteiger partial charge in [0.15, 0.2) is 0 Å². The van der Waals surface area contributed by atoms with E-state index >= 15 is 0 Å². The van der Waals surface area contributed by atoms with Gasteiger partial charge in [0, 0.05) is 31.7 Å². The minimum Gasteiger partial charge on any atom is -0.379 e. The summed E-state index contributed by atoms with van der Waals surface area (Å²) in [7, 11) is 0. The van der Waals surface area contributed by atoms with Gasteiger partial charge in [-0.05, 0) is 20.3 Å². The summed E-state index contributed by atoms with van der Waals surface area (Å²) in [4.78, 5) is 14.4. The summed E-state index contributed by atoms with van der Waals surface area (Å²) in [5.41, 5.74) is 0. The lowest BCUT2D eigenvalue weighted by Crippen LogP contribution is -2.58. The van der Waals surface area contributed by atoms with Gasteiger partial charge in [-0.15, -0.1) is 0 Å². The third-order valence-electron chi connectivity index (χ3n) is 4.01. The molecule has 0 spiro atoms. The van der Waals surface area contributed by atoms with Crippen molar-refractivity contribution in [3.8, 4) is 0 Å². The first-order valence-corrected chi connectivity index (χ1v) is 7.64. The molecular weight excluding hydrogens is 258 g/mol. The van der Waals surface area contributed by atoms with E-state index in [2.05, 4.69) is 22.5 Å². The fourth-order valence-electron chi connectivity index (χ4n) is 2.98. The molecule has 1 amide bonds. The van der Waals surface area contributed by atoms with E-state index < -0.39 is 0 Å². The number of carbonyl (C=O) groups excluding carboxylic acids is 1. The van der Waals surface area contributed by atoms with Crippen molar-refractivity contribution < 1.29 is 14.3 Å². The van der Waals surface area contributed by atoms with Crippen molar-refractivity contribution in [2.75, 3.05) is 46.1 Å². The van der Waals surface area contributed by atoms with Gasteiger partial charge in [-0.2, -0.15) is 0 Å². The van der Waals surface area contributed by atoms with E-state index in [1.165, 1.54) is 0 Å². The molecule has 0 aromatic carbocycles. The molecular formula is C14H27N3O3. The number of hydrogen-bond donors (Lipinski definition) is 2. The summed E-state index contributed by atoms with van der Waals surface area (Å²) in [6.07, 6.45) is 0.996. The van der Waals surface area contributed by atoms with Crippen LogP contribution in [0, 0.1) is 0 Å². The van der Waals surface area contributed by atoms with E-state index in [9.17, 15) is 4.79 Å². The van der Waals surface area contributed by atoms with Gasteiger partial charge in [-0.3, -0.25) is 9.69 Å². The molecule has 0 aliphatic carbocycles. The summed E-state index contributed by atoms with van der Waals surface area (Å²) in [5.74, 6) is 0.0758. The number of amides is 1. The Labute approximate surface area is 121 Å². The van der Waals surface area contributed by atoms with Crippen molar-refractivity contribution in [2.24, 2.45) is 0 Å². The zero-order chi connectivity index (χ0) is 14.4. The van der Waals surface area contributed by atoms with Crippen molar-refractivity contribution in [1.82, 2.24) is 15.5 Å². The summed E-state index contributed by atoms with van der Waals surface area (Å²) in [6.45, 7) is 9.28. The first-order chi connectivity index (χ1) is 9.72. The fourth-order valence-corrected chi connectivity index (χ4v) is 2.98. The van der Waals surface area contributed by atoms with E-state index in [-0.39, 0.29) is 11.9 Å². The molecule has 2 aliphatic rings. The maximum absolute atomic E-state index is 12.1. The molecule has 0 saturated carbocycles. The van der Waals surface area contributed by atoms with Gasteiger partial charge in [0.05, 0.1) is 26.4 Å². The average molecular weight is 285 g/mol. The van der Waals surface area contributed by atoms with Crippen LogP contribution in [0.1, 0.15) is 20.3 Å². The van der Waals surface area contributed by atoms with Gasteiger partial charge < -0.3 is 20.1 Å². The summed E-state index contributed by atoms with van der Waals surface area (Å²) in [6, 6.07) is 0.561. The maximum Gasteiger partial charge on any atom is 0.239 e. The Morgan fingerprint density at radius 1 is 1.40 bits per heavy atom. The number of ether oxygens (including phenoxy) is 2. The highest BCUT2D eigenvalue weighted by Crippen LogP contribution is 2.16. The first kappa shape index (κ1) is 15.7. The van der Waals surface area contributed by atoms with E-state index in [1.807, 2.05) is 6.92 Å². The van der Waals surface area contributed by atoms with Crippen molar-refractivity contribution in [1.29, 1.82) is 0 Å². The highest BCUT2D eigenvalue weighted by atomic mass is 16.5. The molecule has 2 rings (SSSR count). The molecule has 0 bridgehead atoms. The lowest BCUT2D eigenvalue weighted by Gasteiger charge is -2.40. The Morgan fingerprint density at radius 2 is 2.20 bits per heavy atom. The Kier molecular flexibility index (Phi) is 6.22. The Bertz CT molecular complexity index is 308. The van der Waals surface area contributed by atoms with E-state index in [4.69, 9.17) is 9.47 Å². The van der Waals surface area contributed by atoms with Crippen LogP contribution in [-0.4, -0.2) is 75.0 Å². The Hall–Kier alpha value is -0.690. The normalized spacial score (nSPS) is 29.9. The topological polar surface area (TPSA) is 62.8 Å². The number of rotatable bonds is 5. The predicted octanol–water partition coefficient (Wildman–Crippen LogP) is -0.410. The quantitative estimate of drug-likeness (QED) is 0.719. The molecule has 0 aromatic rings. The second-order valence-electron chi connectivity index (χ2n) is 5.53. The van der Waals surface area contributed by atoms with Crippen LogP contribution >= 0.6 is 0 Å². The van der Waals surface area contributed by atoms with Crippen LogP contribution in [0.3, 0.4) is 0 Å². The molecule has 2 aliphatic heterocycles. The van der Waals surface area contributed by atoms with Gasteiger partial charge in [0.25, 0.3) is 0 Å². The highest BCUT2D eigenvalue weighted by molar-refractivity contribution is 5.82. The van der Waals surface area contributed by atoms with Gasteiger partial charge >= 0.3 is 0 Å². The molecule has 2 saturated heterocycles. The Morgan fingerprint density at radius 3 is 2.90 bits per heavy atom. The standard InChI is InChI=1S/C14H27N3O3/c1-3-15-14(18)13-10-20-7-5-17(13)11(2)8-12-9-19-6-4-16-12/h11-13,16H,3-10H2,1-2H3,(H,15,18). The molecule has 6 heteroatoms. The number of morpholine rings is 2. The Balaban J connectivity index is 1.90. The monoisotopic (exact) mass is 285 g/mol. The molecule has 20 heavy (non-hydrogen) atoms. The minimum atomic E-state index is -0.164. The van der Waals surface area contributed by atoms with Crippen LogP contribution in [0.25, 0.3) is 0 Å². The van der Waals surface area contributed by atoms with Crippen molar-refractivity contribution in [2.45, 2.75) is 38.4 Å². The van der Waals surface area contributed by atoms with Crippen LogP contribution in [0.4, 0.5) is 0 Å². The molecule has 3 unspecified atom stereocenters. The molecule has 2 fully saturated rings. The van der Waals surface area contributed by atoms with Crippen LogP contribution in [0.15, 0.2) is 0 Å². The zero-order valence-corrected chi connectivity index (χ0v) is 12.6. The summed E-state index contributed by atoms with van der Waals surface area (Å²) in [5, 5.41) is 6.38. The van der Waals surface area contributed by atoms with Crippen LogP contribution in [0.5, 0.6) is 0 Å². The lowest BCUT2D eigenvalue weighted by molar-refractivity contribution is -0.134. The van der Waals surface area contributed by atoms with Crippen molar-refractivity contribution in [3.63, 3.8) is 0 Å². The largest absolute Gasteiger partial charge is 0.379 e. The second kappa shape index (κ2) is 7.93. The molecule has 0 radical (unpaired) electrons. The summed E-state index contributed by atoms with van der Waals surface area (Å²) >= 11 is 0. The zero-order valence-electron chi connectivity index (χ0n) is 12.6. The predicted molar refractivity (Wildman–Crippen MR) is 76.7 cm³/mol. The fraction of sp³-hybridized carbons (Fsp3) is 0.929. The van der Waals surface area contributed by atoms with Gasteiger partial charge in [0.1, 0.15) is 6.04 Å². The van der Waals surface area contributed by atoms with Gasteiger partial charge in [-0.25, -0.2) is 0 Å². The third kappa shape index (κ3) is 4.15. The molecule has 0 aromatic heterocycles. The van der Waals surface area contributed by atoms with Crippen LogP contribution < -0.4 is 10.6 Å². The number of likely N-dealkylation sites (N-methyl/N-ethyl adjacent to an activating group) is 1. The van der Waals surface area contributed by atoms with Crippen molar-refractivity contribution >= 4 is 5.91 Å². The van der Waals surface area contributed by atoms with Gasteiger partial charge in [-0.1, -0.05) is 0 Å². The second-order valence-corrected chi connectivity index (χ2v) is 5.53. The molecule has 6 nitrogen and oxygen atoms in total. The SMILES string of the molecule is CCNC(=O)C1COCCN1C(C)CC1COCCN1. The number of nitrogens with one attached hydrogen (secondary N) is 2. The van der Waals surface area contributed by atoms with Gasteiger partial charge in [0.2, 0.25) is 5.91 Å². The molecule has 2 N–H and O–H groups in total. The van der Waals surface area contributed by atoms with E-state index in [0.717, 1.165) is 32.7 Å². The average Bonchev–Trinajstić information content (AvgIpc) is 2.48. The van der Waals surface area contributed by atoms with E-state index in [1.54, 1.807) is 0 Å². The first-order valence-electron chi connectivity index (χ1n) is 7.64.